The number of hydrogen-bond donors (Lipinski definition) is 0. The summed E-state index contributed by atoms with van der Waals surface area (Å²) >= 11 is 0. The number of hydrogen-bond acceptors (Lipinski definition) is 5. The monoisotopic (exact) mass is 372 g/mol. The fraction of sp³-hybridized carbons (Fsp3) is 0.591. The van der Waals surface area contributed by atoms with Gasteiger partial charge in [-0.2, -0.15) is 0 Å². The molecule has 1 aliphatic rings. The summed E-state index contributed by atoms with van der Waals surface area (Å²) in [7, 11) is 5.47. The molecule has 1 aromatic heterocycles. The number of rotatable bonds is 9. The molecule has 0 atom stereocenters. The van der Waals surface area contributed by atoms with Crippen molar-refractivity contribution in [2.45, 2.75) is 52.0 Å². The topological polar surface area (TPSA) is 47.7 Å². The quantitative estimate of drug-likeness (QED) is 0.615. The summed E-state index contributed by atoms with van der Waals surface area (Å²) in [6.45, 7) is 3.87. The molecule has 0 spiro atoms. The number of benzene rings is 1. The molecule has 0 saturated heterocycles. The lowest BCUT2D eigenvalue weighted by molar-refractivity contribution is 0.301. The van der Waals surface area contributed by atoms with Crippen LogP contribution in [0.1, 0.15) is 50.0 Å². The summed E-state index contributed by atoms with van der Waals surface area (Å²) in [6, 6.07) is 5.65. The van der Waals surface area contributed by atoms with Crippen LogP contribution in [0.5, 0.6) is 11.5 Å². The van der Waals surface area contributed by atoms with Gasteiger partial charge in [0.25, 0.3) is 0 Å². The Balaban J connectivity index is 1.63. The first kappa shape index (κ1) is 19.7. The predicted octanol–water partition coefficient (Wildman–Crippen LogP) is 5.07. The van der Waals surface area contributed by atoms with E-state index in [-0.39, 0.29) is 0 Å². The van der Waals surface area contributed by atoms with Crippen molar-refractivity contribution in [2.75, 3.05) is 27.8 Å². The summed E-state index contributed by atoms with van der Waals surface area (Å²) in [5.41, 5.74) is 1.80. The molecule has 5 nitrogen and oxygen atoms in total. The minimum absolute atomic E-state index is 0.581. The first-order chi connectivity index (χ1) is 13.1. The standard InChI is InChI=1S/C22H32N2O3/c1-16-20(15-24(2)13-7-10-17-8-5-6-9-17)23-22(27-16)19-14-18(25-3)11-12-21(19)26-4/h11-12,14,17H,5-10,13,15H2,1-4H3. The van der Waals surface area contributed by atoms with Gasteiger partial charge in [0.05, 0.1) is 25.5 Å². The van der Waals surface area contributed by atoms with Crippen LogP contribution in [0.3, 0.4) is 0 Å². The third kappa shape index (κ3) is 5.04. The molecule has 0 amide bonds. The third-order valence-electron chi connectivity index (χ3n) is 5.58. The van der Waals surface area contributed by atoms with Crippen molar-refractivity contribution in [2.24, 2.45) is 5.92 Å². The summed E-state index contributed by atoms with van der Waals surface area (Å²) in [6.07, 6.45) is 8.32. The molecule has 148 valence electrons. The molecule has 1 fully saturated rings. The summed E-state index contributed by atoms with van der Waals surface area (Å²) < 4.78 is 16.8. The average Bonchev–Trinajstić information content (AvgIpc) is 3.31. The van der Waals surface area contributed by atoms with Gasteiger partial charge in [0.1, 0.15) is 17.3 Å². The SMILES string of the molecule is COc1ccc(OC)c(-c2nc(CN(C)CCCC3CCCC3)c(C)o2)c1. The van der Waals surface area contributed by atoms with E-state index in [1.807, 2.05) is 25.1 Å². The van der Waals surface area contributed by atoms with Crippen molar-refractivity contribution < 1.29 is 13.9 Å². The highest BCUT2D eigenvalue weighted by Crippen LogP contribution is 2.34. The third-order valence-corrected chi connectivity index (χ3v) is 5.58. The molecule has 1 saturated carbocycles. The molecular weight excluding hydrogens is 340 g/mol. The zero-order valence-electron chi connectivity index (χ0n) is 17.1. The lowest BCUT2D eigenvalue weighted by Crippen LogP contribution is -2.20. The number of aromatic nitrogens is 1. The van der Waals surface area contributed by atoms with Crippen molar-refractivity contribution in [3.63, 3.8) is 0 Å². The fourth-order valence-electron chi connectivity index (χ4n) is 3.95. The van der Waals surface area contributed by atoms with E-state index in [1.54, 1.807) is 14.2 Å². The predicted molar refractivity (Wildman–Crippen MR) is 107 cm³/mol. The number of oxazole rings is 1. The second kappa shape index (κ2) is 9.27. The Morgan fingerprint density at radius 3 is 2.67 bits per heavy atom. The summed E-state index contributed by atoms with van der Waals surface area (Å²) in [5, 5.41) is 0. The molecule has 1 aromatic carbocycles. The number of aryl methyl sites for hydroxylation is 1. The Morgan fingerprint density at radius 2 is 1.96 bits per heavy atom. The second-order valence-electron chi connectivity index (χ2n) is 7.62. The van der Waals surface area contributed by atoms with E-state index in [0.29, 0.717) is 5.89 Å². The fourth-order valence-corrected chi connectivity index (χ4v) is 3.95. The molecule has 0 aliphatic heterocycles. The smallest absolute Gasteiger partial charge is 0.230 e. The molecule has 1 aliphatic carbocycles. The van der Waals surface area contributed by atoms with E-state index in [9.17, 15) is 0 Å². The van der Waals surface area contributed by atoms with E-state index < -0.39 is 0 Å². The zero-order valence-corrected chi connectivity index (χ0v) is 17.1. The molecular formula is C22H32N2O3. The van der Waals surface area contributed by atoms with Crippen molar-refractivity contribution in [3.05, 3.63) is 29.7 Å². The highest BCUT2D eigenvalue weighted by Gasteiger charge is 2.18. The van der Waals surface area contributed by atoms with Gasteiger partial charge in [-0.05, 0) is 57.5 Å². The van der Waals surface area contributed by atoms with Crippen LogP contribution < -0.4 is 9.47 Å². The number of nitrogens with zero attached hydrogens (tertiary/aromatic N) is 2. The largest absolute Gasteiger partial charge is 0.497 e. The van der Waals surface area contributed by atoms with E-state index in [2.05, 4.69) is 11.9 Å². The highest BCUT2D eigenvalue weighted by molar-refractivity contribution is 5.65. The minimum Gasteiger partial charge on any atom is -0.497 e. The first-order valence-electron chi connectivity index (χ1n) is 9.98. The van der Waals surface area contributed by atoms with Gasteiger partial charge in [-0.3, -0.25) is 0 Å². The zero-order chi connectivity index (χ0) is 19.2. The normalized spacial score (nSPS) is 14.9. The Labute approximate surface area is 162 Å². The Kier molecular flexibility index (Phi) is 6.78. The molecule has 0 radical (unpaired) electrons. The molecule has 27 heavy (non-hydrogen) atoms. The highest BCUT2D eigenvalue weighted by atomic mass is 16.5. The molecule has 1 heterocycles. The van der Waals surface area contributed by atoms with Gasteiger partial charge in [-0.15, -0.1) is 0 Å². The molecule has 2 aromatic rings. The second-order valence-corrected chi connectivity index (χ2v) is 7.62. The van der Waals surface area contributed by atoms with Gasteiger partial charge in [-0.25, -0.2) is 4.98 Å². The van der Waals surface area contributed by atoms with Crippen molar-refractivity contribution in [1.82, 2.24) is 9.88 Å². The summed E-state index contributed by atoms with van der Waals surface area (Å²) in [5.74, 6) is 3.88. The molecule has 0 unspecified atom stereocenters. The van der Waals surface area contributed by atoms with Crippen LogP contribution in [-0.4, -0.2) is 37.7 Å². The van der Waals surface area contributed by atoms with Crippen LogP contribution in [0.25, 0.3) is 11.5 Å². The van der Waals surface area contributed by atoms with Crippen LogP contribution in [-0.2, 0) is 6.54 Å². The molecule has 0 N–H and O–H groups in total. The van der Waals surface area contributed by atoms with Crippen LogP contribution in [0.15, 0.2) is 22.6 Å². The van der Waals surface area contributed by atoms with Gasteiger partial charge >= 0.3 is 0 Å². The molecule has 5 heteroatoms. The number of ether oxygens (including phenoxy) is 2. The van der Waals surface area contributed by atoms with Crippen LogP contribution in [0.4, 0.5) is 0 Å². The lowest BCUT2D eigenvalue weighted by atomic mass is 10.0. The van der Waals surface area contributed by atoms with Crippen molar-refractivity contribution in [1.29, 1.82) is 0 Å². The maximum absolute atomic E-state index is 5.96. The van der Waals surface area contributed by atoms with Crippen molar-refractivity contribution in [3.8, 4) is 23.0 Å². The van der Waals surface area contributed by atoms with E-state index >= 15 is 0 Å². The van der Waals surface area contributed by atoms with Gasteiger partial charge < -0.3 is 18.8 Å². The van der Waals surface area contributed by atoms with Gasteiger partial charge in [0.2, 0.25) is 5.89 Å². The van der Waals surface area contributed by atoms with Crippen molar-refractivity contribution >= 4 is 0 Å². The molecule has 3 rings (SSSR count). The maximum atomic E-state index is 5.96. The Morgan fingerprint density at radius 1 is 1.19 bits per heavy atom. The summed E-state index contributed by atoms with van der Waals surface area (Å²) in [4.78, 5) is 7.09. The van der Waals surface area contributed by atoms with Gasteiger partial charge in [0, 0.05) is 6.54 Å². The van der Waals surface area contributed by atoms with E-state index in [0.717, 1.165) is 47.5 Å². The van der Waals surface area contributed by atoms with Crippen LogP contribution in [0.2, 0.25) is 0 Å². The van der Waals surface area contributed by atoms with Crippen LogP contribution >= 0.6 is 0 Å². The average molecular weight is 373 g/mol. The molecule has 0 bridgehead atoms. The van der Waals surface area contributed by atoms with Crippen LogP contribution in [0, 0.1) is 12.8 Å². The minimum atomic E-state index is 0.581. The van der Waals surface area contributed by atoms with Gasteiger partial charge in [-0.1, -0.05) is 25.7 Å². The Bertz CT molecular complexity index is 735. The van der Waals surface area contributed by atoms with E-state index in [4.69, 9.17) is 18.9 Å². The lowest BCUT2D eigenvalue weighted by Gasteiger charge is -2.16. The Hall–Kier alpha value is -2.01. The first-order valence-corrected chi connectivity index (χ1v) is 9.98. The number of methoxy groups -OCH3 is 2. The van der Waals surface area contributed by atoms with E-state index in [1.165, 1.54) is 38.5 Å². The maximum Gasteiger partial charge on any atom is 0.230 e. The van der Waals surface area contributed by atoms with Gasteiger partial charge in [0.15, 0.2) is 0 Å².